The molecule has 1 aromatic rings. The van der Waals surface area contributed by atoms with E-state index in [9.17, 15) is 14.7 Å². The maximum atomic E-state index is 11.8. The van der Waals surface area contributed by atoms with Crippen molar-refractivity contribution in [3.63, 3.8) is 0 Å². The van der Waals surface area contributed by atoms with Gasteiger partial charge in [-0.1, -0.05) is 25.0 Å². The van der Waals surface area contributed by atoms with E-state index in [-0.39, 0.29) is 11.8 Å². The van der Waals surface area contributed by atoms with Gasteiger partial charge in [-0.15, -0.1) is 0 Å². The van der Waals surface area contributed by atoms with Crippen LogP contribution in [0.3, 0.4) is 0 Å². The molecule has 2 rings (SSSR count). The van der Waals surface area contributed by atoms with E-state index in [1.54, 1.807) is 37.4 Å². The third-order valence-corrected chi connectivity index (χ3v) is 4.26. The summed E-state index contributed by atoms with van der Waals surface area (Å²) in [5, 5.41) is 15.3. The van der Waals surface area contributed by atoms with Crippen LogP contribution in [0.5, 0.6) is 0 Å². The summed E-state index contributed by atoms with van der Waals surface area (Å²) in [7, 11) is 1.58. The van der Waals surface area contributed by atoms with Crippen molar-refractivity contribution >= 4 is 17.9 Å². The van der Waals surface area contributed by atoms with Crippen LogP contribution in [0.25, 0.3) is 6.08 Å². The van der Waals surface area contributed by atoms with E-state index in [2.05, 4.69) is 10.6 Å². The summed E-state index contributed by atoms with van der Waals surface area (Å²) in [6.07, 6.45) is 7.10. The van der Waals surface area contributed by atoms with Crippen LogP contribution in [-0.4, -0.2) is 36.6 Å². The van der Waals surface area contributed by atoms with Gasteiger partial charge in [-0.05, 0) is 42.5 Å². The van der Waals surface area contributed by atoms with E-state index in [1.807, 2.05) is 0 Å². The zero-order valence-electron chi connectivity index (χ0n) is 13.4. The number of amides is 2. The quantitative estimate of drug-likeness (QED) is 0.699. The lowest BCUT2D eigenvalue weighted by atomic mass is 10.0. The van der Waals surface area contributed by atoms with Gasteiger partial charge in [0.25, 0.3) is 5.91 Å². The zero-order valence-corrected chi connectivity index (χ0v) is 13.4. The van der Waals surface area contributed by atoms with Crippen LogP contribution in [0, 0.1) is 5.92 Å². The maximum absolute atomic E-state index is 11.8. The average Bonchev–Trinajstić information content (AvgIpc) is 3.12. The Morgan fingerprint density at radius 2 is 1.91 bits per heavy atom. The summed E-state index contributed by atoms with van der Waals surface area (Å²) in [4.78, 5) is 23.2. The molecule has 0 bridgehead atoms. The number of nitrogens with one attached hydrogen (secondary N) is 2. The minimum absolute atomic E-state index is 0.140. The SMILES string of the molecule is CNC(=O)c1ccc(/C=C/C(=O)NCC(O)C2CCCC2)cc1. The number of aliphatic hydroxyl groups is 1. The van der Waals surface area contributed by atoms with E-state index in [0.717, 1.165) is 18.4 Å². The van der Waals surface area contributed by atoms with E-state index in [0.29, 0.717) is 18.0 Å². The lowest BCUT2D eigenvalue weighted by molar-refractivity contribution is -0.117. The number of aliphatic hydroxyl groups excluding tert-OH is 1. The first-order valence-electron chi connectivity index (χ1n) is 8.06. The van der Waals surface area contributed by atoms with Crippen LogP contribution >= 0.6 is 0 Å². The minimum atomic E-state index is -0.457. The molecule has 1 aliphatic carbocycles. The molecule has 0 spiro atoms. The zero-order chi connectivity index (χ0) is 16.7. The highest BCUT2D eigenvalue weighted by atomic mass is 16.3. The standard InChI is InChI=1S/C18H24N2O3/c1-19-18(23)15-9-6-13(7-10-15)8-11-17(22)20-12-16(21)14-4-2-3-5-14/h6-11,14,16,21H,2-5,12H2,1H3,(H,19,23)(H,20,22)/b11-8+. The fraction of sp³-hybridized carbons (Fsp3) is 0.444. The van der Waals surface area contributed by atoms with Gasteiger partial charge in [0.1, 0.15) is 0 Å². The molecule has 1 fully saturated rings. The third kappa shape index (κ3) is 5.21. The number of carbonyl (C=O) groups excluding carboxylic acids is 2. The van der Waals surface area contributed by atoms with Gasteiger partial charge in [0.05, 0.1) is 6.10 Å². The van der Waals surface area contributed by atoms with Crippen molar-refractivity contribution in [2.24, 2.45) is 5.92 Å². The Morgan fingerprint density at radius 1 is 1.26 bits per heavy atom. The van der Waals surface area contributed by atoms with Crippen LogP contribution in [0.1, 0.15) is 41.6 Å². The largest absolute Gasteiger partial charge is 0.391 e. The van der Waals surface area contributed by atoms with Crippen molar-refractivity contribution in [1.82, 2.24) is 10.6 Å². The molecule has 1 atom stereocenters. The summed E-state index contributed by atoms with van der Waals surface area (Å²) >= 11 is 0. The molecule has 1 saturated carbocycles. The Bertz CT molecular complexity index is 560. The monoisotopic (exact) mass is 316 g/mol. The number of carbonyl (C=O) groups is 2. The molecule has 2 amide bonds. The van der Waals surface area contributed by atoms with Gasteiger partial charge in [-0.25, -0.2) is 0 Å². The Kier molecular flexibility index (Phi) is 6.35. The van der Waals surface area contributed by atoms with Crippen LogP contribution < -0.4 is 10.6 Å². The van der Waals surface area contributed by atoms with E-state index in [4.69, 9.17) is 0 Å². The van der Waals surface area contributed by atoms with Gasteiger partial charge >= 0.3 is 0 Å². The third-order valence-electron chi connectivity index (χ3n) is 4.26. The molecular weight excluding hydrogens is 292 g/mol. The molecule has 1 aromatic carbocycles. The topological polar surface area (TPSA) is 78.4 Å². The molecule has 5 heteroatoms. The molecule has 0 aromatic heterocycles. The van der Waals surface area contributed by atoms with Gasteiger partial charge in [-0.2, -0.15) is 0 Å². The molecule has 0 saturated heterocycles. The highest BCUT2D eigenvalue weighted by Crippen LogP contribution is 2.27. The molecular formula is C18H24N2O3. The number of hydrogen-bond acceptors (Lipinski definition) is 3. The summed E-state index contributed by atoms with van der Waals surface area (Å²) in [5.41, 5.74) is 1.41. The van der Waals surface area contributed by atoms with Crippen molar-refractivity contribution in [3.05, 3.63) is 41.5 Å². The first-order valence-corrected chi connectivity index (χ1v) is 8.06. The first kappa shape index (κ1) is 17.2. The summed E-state index contributed by atoms with van der Waals surface area (Å²) < 4.78 is 0. The van der Waals surface area contributed by atoms with Crippen LogP contribution in [0.2, 0.25) is 0 Å². The molecule has 1 unspecified atom stereocenters. The number of benzene rings is 1. The average molecular weight is 316 g/mol. The van der Waals surface area contributed by atoms with Gasteiger partial charge in [0, 0.05) is 25.2 Å². The van der Waals surface area contributed by atoms with Gasteiger partial charge in [-0.3, -0.25) is 9.59 Å². The normalized spacial score (nSPS) is 16.4. The summed E-state index contributed by atoms with van der Waals surface area (Å²) in [5.74, 6) is -0.0480. The fourth-order valence-electron chi connectivity index (χ4n) is 2.83. The summed E-state index contributed by atoms with van der Waals surface area (Å²) in [6.45, 7) is 0.295. The smallest absolute Gasteiger partial charge is 0.251 e. The van der Waals surface area contributed by atoms with Crippen molar-refractivity contribution < 1.29 is 14.7 Å². The van der Waals surface area contributed by atoms with Crippen molar-refractivity contribution in [2.75, 3.05) is 13.6 Å². The van der Waals surface area contributed by atoms with Crippen LogP contribution in [0.15, 0.2) is 30.3 Å². The highest BCUT2D eigenvalue weighted by molar-refractivity contribution is 5.94. The molecule has 23 heavy (non-hydrogen) atoms. The Labute approximate surface area is 136 Å². The van der Waals surface area contributed by atoms with E-state index in [1.165, 1.54) is 18.9 Å². The van der Waals surface area contributed by atoms with Crippen molar-refractivity contribution in [2.45, 2.75) is 31.8 Å². The van der Waals surface area contributed by atoms with Crippen LogP contribution in [-0.2, 0) is 4.79 Å². The molecule has 3 N–H and O–H groups in total. The molecule has 0 radical (unpaired) electrons. The Balaban J connectivity index is 1.79. The molecule has 0 aliphatic heterocycles. The second-order valence-electron chi connectivity index (χ2n) is 5.89. The van der Waals surface area contributed by atoms with E-state index >= 15 is 0 Å². The predicted octanol–water partition coefficient (Wildman–Crippen LogP) is 1.73. The molecule has 5 nitrogen and oxygen atoms in total. The second-order valence-corrected chi connectivity index (χ2v) is 5.89. The predicted molar refractivity (Wildman–Crippen MR) is 89.8 cm³/mol. The van der Waals surface area contributed by atoms with Gasteiger partial charge in [0.2, 0.25) is 5.91 Å². The van der Waals surface area contributed by atoms with E-state index < -0.39 is 6.10 Å². The second kappa shape index (κ2) is 8.48. The highest BCUT2D eigenvalue weighted by Gasteiger charge is 2.22. The van der Waals surface area contributed by atoms with Crippen molar-refractivity contribution in [3.8, 4) is 0 Å². The lowest BCUT2D eigenvalue weighted by Crippen LogP contribution is -2.34. The van der Waals surface area contributed by atoms with Crippen molar-refractivity contribution in [1.29, 1.82) is 0 Å². The van der Waals surface area contributed by atoms with Gasteiger partial charge in [0.15, 0.2) is 0 Å². The Morgan fingerprint density at radius 3 is 2.52 bits per heavy atom. The summed E-state index contributed by atoms with van der Waals surface area (Å²) in [6, 6.07) is 6.98. The fourth-order valence-corrected chi connectivity index (χ4v) is 2.83. The minimum Gasteiger partial charge on any atom is -0.391 e. The van der Waals surface area contributed by atoms with Gasteiger partial charge < -0.3 is 15.7 Å². The lowest BCUT2D eigenvalue weighted by Gasteiger charge is -2.17. The molecule has 124 valence electrons. The maximum Gasteiger partial charge on any atom is 0.251 e. The number of hydrogen-bond donors (Lipinski definition) is 3. The number of rotatable bonds is 6. The first-order chi connectivity index (χ1) is 11.1. The molecule has 0 heterocycles. The Hall–Kier alpha value is -2.14. The molecule has 1 aliphatic rings. The van der Waals surface area contributed by atoms with Crippen LogP contribution in [0.4, 0.5) is 0 Å².